The second-order valence-electron chi connectivity index (χ2n) is 5.06. The zero-order chi connectivity index (χ0) is 16.9. The average Bonchev–Trinajstić information content (AvgIpc) is 2.47. The van der Waals surface area contributed by atoms with E-state index in [0.717, 1.165) is 18.2 Å². The van der Waals surface area contributed by atoms with Crippen molar-refractivity contribution in [1.29, 1.82) is 0 Å². The molecule has 0 fully saturated rings. The first kappa shape index (κ1) is 15.4. The van der Waals surface area contributed by atoms with Gasteiger partial charge in [-0.15, -0.1) is 0 Å². The maximum atomic E-state index is 12.3. The highest BCUT2D eigenvalue weighted by Gasteiger charge is 2.39. The van der Waals surface area contributed by atoms with Crippen LogP contribution in [0.15, 0.2) is 28.7 Å². The third-order valence-electron chi connectivity index (χ3n) is 3.52. The van der Waals surface area contributed by atoms with Crippen molar-refractivity contribution in [1.82, 2.24) is 0 Å². The highest BCUT2D eigenvalue weighted by molar-refractivity contribution is 9.10. The Morgan fingerprint density at radius 3 is 2.35 bits per heavy atom. The Morgan fingerprint density at radius 2 is 1.70 bits per heavy atom. The minimum atomic E-state index is -1.63. The smallest absolute Gasteiger partial charge is 0.202 e. The zero-order valence-electron chi connectivity index (χ0n) is 11.4. The number of benzene rings is 2. The van der Waals surface area contributed by atoms with Gasteiger partial charge in [0.05, 0.1) is 4.47 Å². The van der Waals surface area contributed by atoms with E-state index in [1.807, 2.05) is 0 Å². The number of ether oxygens (including phenoxy) is 1. The maximum Gasteiger partial charge on any atom is 0.202 e. The molecular weight excluding hydrogens is 372 g/mol. The molecule has 2 atom stereocenters. The number of fused-ring (bicyclic) bond motifs is 1. The van der Waals surface area contributed by atoms with Crippen LogP contribution in [0.3, 0.4) is 0 Å². The Hall–Kier alpha value is -2.45. The van der Waals surface area contributed by atoms with E-state index in [-0.39, 0.29) is 32.8 Å². The number of halogens is 1. The molecule has 5 N–H and O–H groups in total. The van der Waals surface area contributed by atoms with Gasteiger partial charge in [0.25, 0.3) is 0 Å². The molecule has 0 aliphatic carbocycles. The third-order valence-corrected chi connectivity index (χ3v) is 4.12. The van der Waals surface area contributed by atoms with Gasteiger partial charge >= 0.3 is 0 Å². The van der Waals surface area contributed by atoms with Crippen LogP contribution in [-0.4, -0.2) is 37.4 Å². The Kier molecular flexibility index (Phi) is 3.57. The summed E-state index contributed by atoms with van der Waals surface area (Å²) >= 11 is 3.04. The summed E-state index contributed by atoms with van der Waals surface area (Å²) in [6.07, 6.45) is -2.81. The van der Waals surface area contributed by atoms with Gasteiger partial charge in [0.15, 0.2) is 23.7 Å². The van der Waals surface area contributed by atoms with Gasteiger partial charge in [-0.3, -0.25) is 4.79 Å². The number of aromatic hydroxyl groups is 4. The second-order valence-corrected chi connectivity index (χ2v) is 5.91. The summed E-state index contributed by atoms with van der Waals surface area (Å²) in [7, 11) is 0. The van der Waals surface area contributed by atoms with Crippen LogP contribution in [-0.2, 0) is 0 Å². The molecule has 2 unspecified atom stereocenters. The second kappa shape index (κ2) is 5.32. The molecule has 0 bridgehead atoms. The molecule has 1 heterocycles. The number of phenolic OH excluding ortho intramolecular Hbond substituents is 4. The van der Waals surface area contributed by atoms with Crippen molar-refractivity contribution in [3.63, 3.8) is 0 Å². The Balaban J connectivity index is 2.11. The van der Waals surface area contributed by atoms with Gasteiger partial charge in [-0.2, -0.15) is 0 Å². The minimum absolute atomic E-state index is 0.0912. The molecule has 0 spiro atoms. The van der Waals surface area contributed by atoms with Gasteiger partial charge in [0.1, 0.15) is 22.8 Å². The number of phenols is 4. The summed E-state index contributed by atoms with van der Waals surface area (Å²) in [4.78, 5) is 12.3. The number of hydrogen-bond donors (Lipinski definition) is 5. The topological polar surface area (TPSA) is 127 Å². The molecular formula is C15H11BrO7. The van der Waals surface area contributed by atoms with Crippen molar-refractivity contribution in [2.24, 2.45) is 0 Å². The van der Waals surface area contributed by atoms with Crippen molar-refractivity contribution < 1.29 is 35.1 Å². The number of aliphatic hydroxyl groups is 1. The molecule has 0 radical (unpaired) electrons. The van der Waals surface area contributed by atoms with Gasteiger partial charge < -0.3 is 30.3 Å². The molecule has 2 aromatic rings. The van der Waals surface area contributed by atoms with Crippen LogP contribution in [0.2, 0.25) is 0 Å². The quantitative estimate of drug-likeness (QED) is 0.477. The van der Waals surface area contributed by atoms with Crippen LogP contribution in [0.25, 0.3) is 0 Å². The highest BCUT2D eigenvalue weighted by Crippen LogP contribution is 2.44. The summed E-state index contributed by atoms with van der Waals surface area (Å²) in [6, 6.07) is 4.63. The largest absolute Gasteiger partial charge is 0.508 e. The molecule has 2 aromatic carbocycles. The van der Waals surface area contributed by atoms with E-state index in [0.29, 0.717) is 0 Å². The molecule has 23 heavy (non-hydrogen) atoms. The van der Waals surface area contributed by atoms with Crippen molar-refractivity contribution in [3.05, 3.63) is 39.9 Å². The molecule has 120 valence electrons. The van der Waals surface area contributed by atoms with Crippen molar-refractivity contribution in [2.45, 2.75) is 12.2 Å². The van der Waals surface area contributed by atoms with Crippen LogP contribution in [0.5, 0.6) is 28.7 Å². The molecule has 1 aliphatic heterocycles. The van der Waals surface area contributed by atoms with E-state index in [1.165, 1.54) is 6.07 Å². The van der Waals surface area contributed by atoms with Crippen LogP contribution in [0.1, 0.15) is 22.0 Å². The lowest BCUT2D eigenvalue weighted by Crippen LogP contribution is -2.36. The first-order valence-corrected chi connectivity index (χ1v) is 7.25. The van der Waals surface area contributed by atoms with Gasteiger partial charge in [-0.25, -0.2) is 0 Å². The summed E-state index contributed by atoms with van der Waals surface area (Å²) in [5.74, 6) is -2.52. The third kappa shape index (κ3) is 2.45. The zero-order valence-corrected chi connectivity index (χ0v) is 13.0. The molecule has 0 saturated carbocycles. The molecule has 8 heteroatoms. The van der Waals surface area contributed by atoms with Crippen LogP contribution in [0.4, 0.5) is 0 Å². The Morgan fingerprint density at radius 1 is 1.00 bits per heavy atom. The Labute approximate surface area is 138 Å². The highest BCUT2D eigenvalue weighted by atomic mass is 79.9. The number of aliphatic hydroxyl groups excluding tert-OH is 1. The fourth-order valence-electron chi connectivity index (χ4n) is 2.43. The summed E-state index contributed by atoms with van der Waals surface area (Å²) in [6.45, 7) is 0. The fraction of sp³-hybridized carbons (Fsp3) is 0.133. The summed E-state index contributed by atoms with van der Waals surface area (Å²) < 4.78 is 5.66. The molecule has 0 aromatic heterocycles. The number of ketones is 1. The lowest BCUT2D eigenvalue weighted by atomic mass is 9.92. The monoisotopic (exact) mass is 382 g/mol. The number of carbonyl (C=O) groups excluding carboxylic acids is 1. The van der Waals surface area contributed by atoms with E-state index in [2.05, 4.69) is 15.9 Å². The van der Waals surface area contributed by atoms with Crippen molar-refractivity contribution in [3.8, 4) is 28.7 Å². The predicted octanol–water partition coefficient (Wildman–Crippen LogP) is 1.95. The van der Waals surface area contributed by atoms with E-state index in [4.69, 9.17) is 4.74 Å². The van der Waals surface area contributed by atoms with Gasteiger partial charge in [0, 0.05) is 17.7 Å². The van der Waals surface area contributed by atoms with E-state index < -0.39 is 29.5 Å². The summed E-state index contributed by atoms with van der Waals surface area (Å²) in [5.41, 5.74) is -0.00452. The van der Waals surface area contributed by atoms with E-state index in [1.54, 1.807) is 0 Å². The first-order valence-electron chi connectivity index (χ1n) is 6.46. The number of Topliss-reactive ketones (excluding diaryl/α,β-unsaturated/α-hetero) is 1. The average molecular weight is 383 g/mol. The maximum absolute atomic E-state index is 12.3. The number of carbonyl (C=O) groups is 1. The van der Waals surface area contributed by atoms with Gasteiger partial charge in [-0.05, 0) is 28.1 Å². The molecule has 0 saturated heterocycles. The predicted molar refractivity (Wildman–Crippen MR) is 80.9 cm³/mol. The van der Waals surface area contributed by atoms with Gasteiger partial charge in [0.2, 0.25) is 5.78 Å². The number of hydrogen-bond acceptors (Lipinski definition) is 7. The lowest BCUT2D eigenvalue weighted by molar-refractivity contribution is 0.0209. The lowest BCUT2D eigenvalue weighted by Gasteiger charge is -2.30. The fourth-order valence-corrected chi connectivity index (χ4v) is 2.90. The van der Waals surface area contributed by atoms with E-state index in [9.17, 15) is 30.3 Å². The van der Waals surface area contributed by atoms with Crippen LogP contribution in [0, 0.1) is 0 Å². The normalized spacial score (nSPS) is 20.0. The van der Waals surface area contributed by atoms with Crippen molar-refractivity contribution in [2.75, 3.05) is 0 Å². The van der Waals surface area contributed by atoms with Crippen LogP contribution < -0.4 is 4.74 Å². The molecule has 0 amide bonds. The SMILES string of the molecule is O=C1c2c(O)cc(O)cc2OC(c2cc(O)c(O)c(Br)c2)C1O. The number of rotatable bonds is 1. The van der Waals surface area contributed by atoms with Crippen LogP contribution >= 0.6 is 15.9 Å². The van der Waals surface area contributed by atoms with Gasteiger partial charge in [-0.1, -0.05) is 0 Å². The first-order chi connectivity index (χ1) is 10.8. The standard InChI is InChI=1S/C15H11BrO7/c16-7-1-5(2-9(19)12(7)20)15-14(22)13(21)11-8(18)3-6(17)4-10(11)23-15/h1-4,14-15,17-20,22H. The molecule has 3 rings (SSSR count). The Bertz CT molecular complexity index is 795. The molecule has 7 nitrogen and oxygen atoms in total. The van der Waals surface area contributed by atoms with Crippen molar-refractivity contribution >= 4 is 21.7 Å². The summed E-state index contributed by atoms with van der Waals surface area (Å²) in [5, 5.41) is 48.6. The minimum Gasteiger partial charge on any atom is -0.508 e. The van der Waals surface area contributed by atoms with E-state index >= 15 is 0 Å². The molecule has 1 aliphatic rings.